The Labute approximate surface area is 153 Å². The molecule has 6 nitrogen and oxygen atoms in total. The Hall–Kier alpha value is -2.15. The van der Waals surface area contributed by atoms with Crippen LogP contribution in [0.3, 0.4) is 0 Å². The molecule has 1 aliphatic carbocycles. The molecule has 1 aromatic carbocycles. The maximum atomic E-state index is 12.9. The first-order valence-electron chi connectivity index (χ1n) is 9.23. The number of hydrogen-bond donors (Lipinski definition) is 1. The van der Waals surface area contributed by atoms with E-state index in [2.05, 4.69) is 0 Å². The molecule has 0 radical (unpaired) electrons. The molecule has 7 heteroatoms. The lowest BCUT2D eigenvalue weighted by molar-refractivity contribution is -0.143. The first-order valence-corrected chi connectivity index (χ1v) is 9.23. The summed E-state index contributed by atoms with van der Waals surface area (Å²) in [6.07, 6.45) is 3.02. The summed E-state index contributed by atoms with van der Waals surface area (Å²) in [5, 5.41) is 0. The lowest BCUT2D eigenvalue weighted by Crippen LogP contribution is -2.53. The fraction of sp³-hybridized carbons (Fsp3) is 0.579. The molecule has 142 valence electrons. The van der Waals surface area contributed by atoms with Crippen LogP contribution < -0.4 is 10.5 Å². The van der Waals surface area contributed by atoms with Gasteiger partial charge in [-0.15, -0.1) is 0 Å². The molecule has 2 fully saturated rings. The molecule has 1 heterocycles. The van der Waals surface area contributed by atoms with Gasteiger partial charge in [-0.05, 0) is 49.6 Å². The molecular weight excluding hydrogens is 337 g/mol. The van der Waals surface area contributed by atoms with Crippen molar-refractivity contribution in [2.75, 3.05) is 39.3 Å². The molecule has 2 amide bonds. The van der Waals surface area contributed by atoms with E-state index in [1.165, 1.54) is 24.3 Å². The molecule has 2 atom stereocenters. The van der Waals surface area contributed by atoms with E-state index in [1.54, 1.807) is 4.90 Å². The molecule has 1 aliphatic heterocycles. The summed E-state index contributed by atoms with van der Waals surface area (Å²) in [7, 11) is 0. The predicted molar refractivity (Wildman–Crippen MR) is 94.9 cm³/mol. The van der Waals surface area contributed by atoms with E-state index >= 15 is 0 Å². The minimum Gasteiger partial charge on any atom is -0.484 e. The minimum atomic E-state index is -0.344. The Morgan fingerprint density at radius 3 is 2.38 bits per heavy atom. The number of nitrogens with two attached hydrogens (primary N) is 1. The van der Waals surface area contributed by atoms with Crippen LogP contribution in [0.2, 0.25) is 0 Å². The fourth-order valence-electron chi connectivity index (χ4n) is 3.82. The van der Waals surface area contributed by atoms with Crippen molar-refractivity contribution in [1.29, 1.82) is 0 Å². The average Bonchev–Trinajstić information content (AvgIpc) is 3.15. The van der Waals surface area contributed by atoms with E-state index in [4.69, 9.17) is 10.5 Å². The lowest BCUT2D eigenvalue weighted by atomic mass is 9.94. The van der Waals surface area contributed by atoms with E-state index < -0.39 is 0 Å². The van der Waals surface area contributed by atoms with Gasteiger partial charge in [0.15, 0.2) is 6.61 Å². The van der Waals surface area contributed by atoms with E-state index in [1.807, 2.05) is 4.90 Å². The molecule has 0 spiro atoms. The first kappa shape index (κ1) is 18.6. The summed E-state index contributed by atoms with van der Waals surface area (Å²) in [6.45, 7) is 2.60. The minimum absolute atomic E-state index is 0.0454. The van der Waals surface area contributed by atoms with Crippen molar-refractivity contribution < 1.29 is 18.7 Å². The van der Waals surface area contributed by atoms with Gasteiger partial charge in [-0.25, -0.2) is 4.39 Å². The molecule has 0 bridgehead atoms. The highest BCUT2D eigenvalue weighted by atomic mass is 19.1. The van der Waals surface area contributed by atoms with Crippen LogP contribution in [0.4, 0.5) is 4.39 Å². The number of piperazine rings is 1. The molecule has 1 aromatic rings. The van der Waals surface area contributed by atoms with Crippen LogP contribution in [-0.2, 0) is 9.59 Å². The van der Waals surface area contributed by atoms with Gasteiger partial charge in [0.25, 0.3) is 5.91 Å². The number of rotatable bonds is 5. The number of carbonyl (C=O) groups is 2. The third-order valence-electron chi connectivity index (χ3n) is 5.40. The monoisotopic (exact) mass is 363 g/mol. The number of amides is 2. The predicted octanol–water partition coefficient (Wildman–Crippen LogP) is 1.25. The summed E-state index contributed by atoms with van der Waals surface area (Å²) in [4.78, 5) is 28.5. The van der Waals surface area contributed by atoms with Gasteiger partial charge in [0.1, 0.15) is 11.6 Å². The quantitative estimate of drug-likeness (QED) is 0.854. The maximum absolute atomic E-state index is 12.9. The Morgan fingerprint density at radius 1 is 1.08 bits per heavy atom. The standard InChI is InChI=1S/C19H26FN3O3/c20-15-4-6-16(7-5-15)26-13-18(24)22-8-10-23(11-9-22)19(25)17-3-1-2-14(17)12-21/h4-7,14,17H,1-3,8-13,21H2/t14-,17-/m1/s1. The van der Waals surface area contributed by atoms with Crippen LogP contribution in [0, 0.1) is 17.7 Å². The third kappa shape index (κ3) is 4.33. The van der Waals surface area contributed by atoms with Gasteiger partial charge in [0.05, 0.1) is 0 Å². The number of halogens is 1. The smallest absolute Gasteiger partial charge is 0.260 e. The highest BCUT2D eigenvalue weighted by molar-refractivity contribution is 5.81. The van der Waals surface area contributed by atoms with E-state index in [0.717, 1.165) is 19.3 Å². The van der Waals surface area contributed by atoms with Crippen LogP contribution >= 0.6 is 0 Å². The molecule has 1 saturated carbocycles. The highest BCUT2D eigenvalue weighted by Crippen LogP contribution is 2.32. The van der Waals surface area contributed by atoms with Crippen molar-refractivity contribution in [3.8, 4) is 5.75 Å². The van der Waals surface area contributed by atoms with Crippen molar-refractivity contribution in [3.05, 3.63) is 30.1 Å². The number of carbonyl (C=O) groups excluding carboxylic acids is 2. The van der Waals surface area contributed by atoms with Crippen molar-refractivity contribution in [2.45, 2.75) is 19.3 Å². The topological polar surface area (TPSA) is 75.9 Å². The molecular formula is C19H26FN3O3. The van der Waals surface area contributed by atoms with Crippen molar-refractivity contribution in [2.24, 2.45) is 17.6 Å². The van der Waals surface area contributed by atoms with Crippen LogP contribution in [0.15, 0.2) is 24.3 Å². The van der Waals surface area contributed by atoms with Crippen LogP contribution in [0.5, 0.6) is 5.75 Å². The summed E-state index contributed by atoms with van der Waals surface area (Å²) in [5.41, 5.74) is 5.78. The first-order chi connectivity index (χ1) is 12.6. The molecule has 0 unspecified atom stereocenters. The molecule has 3 rings (SSSR count). The zero-order valence-electron chi connectivity index (χ0n) is 14.9. The largest absolute Gasteiger partial charge is 0.484 e. The maximum Gasteiger partial charge on any atom is 0.260 e. The molecule has 2 aliphatic rings. The summed E-state index contributed by atoms with van der Waals surface area (Å²) < 4.78 is 18.3. The van der Waals surface area contributed by atoms with Gasteiger partial charge in [-0.1, -0.05) is 6.42 Å². The fourth-order valence-corrected chi connectivity index (χ4v) is 3.82. The van der Waals surface area contributed by atoms with Crippen molar-refractivity contribution in [1.82, 2.24) is 9.80 Å². The number of nitrogens with zero attached hydrogens (tertiary/aromatic N) is 2. The molecule has 0 aromatic heterocycles. The molecule has 26 heavy (non-hydrogen) atoms. The van der Waals surface area contributed by atoms with E-state index in [-0.39, 0.29) is 30.2 Å². The Balaban J connectivity index is 1.44. The second kappa shape index (κ2) is 8.49. The number of benzene rings is 1. The average molecular weight is 363 g/mol. The second-order valence-electron chi connectivity index (χ2n) is 6.98. The number of ether oxygens (including phenoxy) is 1. The number of hydrogen-bond acceptors (Lipinski definition) is 4. The highest BCUT2D eigenvalue weighted by Gasteiger charge is 2.36. The van der Waals surface area contributed by atoms with Gasteiger partial charge in [-0.3, -0.25) is 9.59 Å². The Bertz CT molecular complexity index is 629. The van der Waals surface area contributed by atoms with Crippen LogP contribution in [-0.4, -0.2) is 60.9 Å². The van der Waals surface area contributed by atoms with Gasteiger partial charge < -0.3 is 20.3 Å². The van der Waals surface area contributed by atoms with E-state index in [9.17, 15) is 14.0 Å². The van der Waals surface area contributed by atoms with E-state index in [0.29, 0.717) is 44.4 Å². The Morgan fingerprint density at radius 2 is 1.73 bits per heavy atom. The lowest BCUT2D eigenvalue weighted by Gasteiger charge is -2.36. The summed E-state index contributed by atoms with van der Waals surface area (Å²) in [5.74, 6) is 0.524. The van der Waals surface area contributed by atoms with Crippen LogP contribution in [0.1, 0.15) is 19.3 Å². The molecule has 1 saturated heterocycles. The summed E-state index contributed by atoms with van der Waals surface area (Å²) >= 11 is 0. The normalized spacial score (nSPS) is 23.2. The van der Waals surface area contributed by atoms with Gasteiger partial charge in [0.2, 0.25) is 5.91 Å². The second-order valence-corrected chi connectivity index (χ2v) is 6.98. The zero-order chi connectivity index (χ0) is 18.5. The third-order valence-corrected chi connectivity index (χ3v) is 5.40. The summed E-state index contributed by atoms with van der Waals surface area (Å²) in [6, 6.07) is 5.58. The van der Waals surface area contributed by atoms with Gasteiger partial charge in [-0.2, -0.15) is 0 Å². The molecule has 2 N–H and O–H groups in total. The van der Waals surface area contributed by atoms with Gasteiger partial charge >= 0.3 is 0 Å². The van der Waals surface area contributed by atoms with Crippen molar-refractivity contribution >= 4 is 11.8 Å². The van der Waals surface area contributed by atoms with Gasteiger partial charge in [0, 0.05) is 32.1 Å². The SMILES string of the molecule is NC[C@H]1CCC[C@H]1C(=O)N1CCN(C(=O)COc2ccc(F)cc2)CC1. The van der Waals surface area contributed by atoms with Crippen LogP contribution in [0.25, 0.3) is 0 Å². The Kier molecular flexibility index (Phi) is 6.08. The van der Waals surface area contributed by atoms with Crippen molar-refractivity contribution in [3.63, 3.8) is 0 Å². The zero-order valence-corrected chi connectivity index (χ0v) is 14.9.